The van der Waals surface area contributed by atoms with Crippen LogP contribution in [0.2, 0.25) is 0 Å². The van der Waals surface area contributed by atoms with E-state index in [2.05, 4.69) is 10.3 Å². The van der Waals surface area contributed by atoms with Gasteiger partial charge in [-0.1, -0.05) is 54.6 Å². The number of primary amides is 1. The fourth-order valence-corrected chi connectivity index (χ4v) is 3.90. The van der Waals surface area contributed by atoms with Crippen LogP contribution in [0.1, 0.15) is 36.0 Å². The first-order valence-electron chi connectivity index (χ1n) is 11.2. The van der Waals surface area contributed by atoms with Gasteiger partial charge in [-0.05, 0) is 18.8 Å². The summed E-state index contributed by atoms with van der Waals surface area (Å²) in [5.74, 6) is 0.984. The summed E-state index contributed by atoms with van der Waals surface area (Å²) in [6, 6.07) is 17.6. The lowest BCUT2D eigenvalue weighted by atomic mass is 10.0. The van der Waals surface area contributed by atoms with Crippen LogP contribution in [0.4, 0.5) is 5.82 Å². The second-order valence-corrected chi connectivity index (χ2v) is 8.47. The minimum Gasteiger partial charge on any atom is -0.370 e. The number of hydrogen-bond acceptors (Lipinski definition) is 5. The molecule has 0 radical (unpaired) electrons. The van der Waals surface area contributed by atoms with Gasteiger partial charge in [0.1, 0.15) is 0 Å². The zero-order chi connectivity index (χ0) is 22.8. The summed E-state index contributed by atoms with van der Waals surface area (Å²) in [7, 11) is 0. The molecule has 0 atom stereocenters. The second-order valence-electron chi connectivity index (χ2n) is 8.47. The molecule has 4 aromatic rings. The number of nitrogens with two attached hydrogens (primary N) is 1. The Balaban J connectivity index is 1.52. The summed E-state index contributed by atoms with van der Waals surface area (Å²) in [4.78, 5) is 33.0. The minimum atomic E-state index is -0.377. The lowest BCUT2D eigenvalue weighted by Gasteiger charge is -2.11. The van der Waals surface area contributed by atoms with Gasteiger partial charge in [-0.25, -0.2) is 9.97 Å². The van der Waals surface area contributed by atoms with E-state index in [1.165, 1.54) is 12.8 Å². The first-order chi connectivity index (χ1) is 16.1. The van der Waals surface area contributed by atoms with Crippen molar-refractivity contribution in [2.24, 2.45) is 11.7 Å². The molecular weight excluding hydrogens is 414 g/mol. The zero-order valence-corrected chi connectivity index (χ0v) is 18.2. The molecule has 2 aromatic heterocycles. The molecule has 0 saturated heterocycles. The van der Waals surface area contributed by atoms with Gasteiger partial charge in [0.25, 0.3) is 0 Å². The molecule has 0 aliphatic heterocycles. The van der Waals surface area contributed by atoms with Crippen molar-refractivity contribution in [3.05, 3.63) is 72.6 Å². The smallest absolute Gasteiger partial charge is 0.219 e. The third kappa shape index (κ3) is 4.62. The van der Waals surface area contributed by atoms with Crippen LogP contribution in [0.25, 0.3) is 28.2 Å². The van der Waals surface area contributed by atoms with Crippen LogP contribution < -0.4 is 11.1 Å². The lowest BCUT2D eigenvalue weighted by molar-refractivity contribution is -0.117. The van der Waals surface area contributed by atoms with Crippen molar-refractivity contribution in [3.8, 4) is 22.5 Å². The number of aromatic nitrogens is 3. The Morgan fingerprint density at radius 3 is 2.48 bits per heavy atom. The van der Waals surface area contributed by atoms with E-state index in [-0.39, 0.29) is 18.1 Å². The molecule has 7 nitrogen and oxygen atoms in total. The van der Waals surface area contributed by atoms with Crippen molar-refractivity contribution in [2.45, 2.75) is 25.7 Å². The van der Waals surface area contributed by atoms with Crippen LogP contribution in [0, 0.1) is 5.92 Å². The molecule has 0 unspecified atom stereocenters. The number of imidazole rings is 1. The van der Waals surface area contributed by atoms with Gasteiger partial charge in [0.15, 0.2) is 17.2 Å². The summed E-state index contributed by atoms with van der Waals surface area (Å²) >= 11 is 0. The Labute approximate surface area is 191 Å². The number of rotatable bonds is 9. The van der Waals surface area contributed by atoms with E-state index in [0.717, 1.165) is 28.1 Å². The van der Waals surface area contributed by atoms with Crippen LogP contribution in [0.15, 0.2) is 67.0 Å². The van der Waals surface area contributed by atoms with Crippen molar-refractivity contribution in [3.63, 3.8) is 0 Å². The number of anilines is 1. The first kappa shape index (κ1) is 20.9. The Hall–Kier alpha value is -4.00. The van der Waals surface area contributed by atoms with E-state index in [0.29, 0.717) is 30.3 Å². The largest absolute Gasteiger partial charge is 0.370 e. The van der Waals surface area contributed by atoms with Crippen LogP contribution in [-0.2, 0) is 4.79 Å². The van der Waals surface area contributed by atoms with Crippen LogP contribution in [0.5, 0.6) is 0 Å². The maximum atomic E-state index is 12.4. The van der Waals surface area contributed by atoms with E-state index in [1.54, 1.807) is 6.20 Å². The summed E-state index contributed by atoms with van der Waals surface area (Å²) in [6.07, 6.45) is 6.93. The molecule has 1 saturated carbocycles. The highest BCUT2D eigenvalue weighted by molar-refractivity contribution is 5.96. The standard InChI is InChI=1S/C26H25N5O2/c27-24(33)12-13-28-25-26-29-15-22(31(26)16-21(30-25)18-4-2-1-3-5-18)19-8-10-20(11-9-19)23(32)14-17-6-7-17/h1-5,8-11,15-17H,6-7,12-14H2,(H2,27,33)(H,28,30). The quantitative estimate of drug-likeness (QED) is 0.378. The van der Waals surface area contributed by atoms with Gasteiger partial charge in [-0.3, -0.25) is 14.0 Å². The van der Waals surface area contributed by atoms with Crippen molar-refractivity contribution in [1.82, 2.24) is 14.4 Å². The van der Waals surface area contributed by atoms with E-state index < -0.39 is 0 Å². The molecule has 0 spiro atoms. The van der Waals surface area contributed by atoms with Crippen LogP contribution in [0.3, 0.4) is 0 Å². The number of carbonyl (C=O) groups excluding carboxylic acids is 2. The molecule has 3 N–H and O–H groups in total. The molecule has 1 aliphatic rings. The molecule has 33 heavy (non-hydrogen) atoms. The van der Waals surface area contributed by atoms with Crippen molar-refractivity contribution in [1.29, 1.82) is 0 Å². The average Bonchev–Trinajstić information content (AvgIpc) is 3.54. The normalized spacial score (nSPS) is 13.2. The summed E-state index contributed by atoms with van der Waals surface area (Å²) in [6.45, 7) is 0.371. The molecule has 7 heteroatoms. The summed E-state index contributed by atoms with van der Waals surface area (Å²) in [5, 5.41) is 3.20. The fraction of sp³-hybridized carbons (Fsp3) is 0.231. The fourth-order valence-electron chi connectivity index (χ4n) is 3.90. The number of fused-ring (bicyclic) bond motifs is 1. The Morgan fingerprint density at radius 2 is 1.79 bits per heavy atom. The number of nitrogens with zero attached hydrogens (tertiary/aromatic N) is 3. The molecule has 0 bridgehead atoms. The highest BCUT2D eigenvalue weighted by atomic mass is 16.1. The van der Waals surface area contributed by atoms with Crippen molar-refractivity contribution < 1.29 is 9.59 Å². The average molecular weight is 440 g/mol. The van der Waals surface area contributed by atoms with Crippen LogP contribution >= 0.6 is 0 Å². The van der Waals surface area contributed by atoms with E-state index in [4.69, 9.17) is 10.7 Å². The number of hydrogen-bond donors (Lipinski definition) is 2. The topological polar surface area (TPSA) is 102 Å². The number of amides is 1. The molecule has 1 amide bonds. The highest BCUT2D eigenvalue weighted by Crippen LogP contribution is 2.34. The van der Waals surface area contributed by atoms with Gasteiger partial charge in [0.2, 0.25) is 5.91 Å². The molecule has 5 rings (SSSR count). The van der Waals surface area contributed by atoms with E-state index >= 15 is 0 Å². The predicted molar refractivity (Wildman–Crippen MR) is 128 cm³/mol. The summed E-state index contributed by atoms with van der Waals surface area (Å²) in [5.41, 5.74) is 10.3. The van der Waals surface area contributed by atoms with Gasteiger partial charge < -0.3 is 11.1 Å². The monoisotopic (exact) mass is 439 g/mol. The molecule has 2 heterocycles. The second kappa shape index (κ2) is 8.86. The predicted octanol–water partition coefficient (Wildman–Crippen LogP) is 4.33. The third-order valence-electron chi connectivity index (χ3n) is 5.90. The lowest BCUT2D eigenvalue weighted by Crippen LogP contribution is -2.16. The molecule has 2 aromatic carbocycles. The highest BCUT2D eigenvalue weighted by Gasteiger charge is 2.25. The van der Waals surface area contributed by atoms with E-state index in [9.17, 15) is 9.59 Å². The Bertz CT molecular complexity index is 1310. The SMILES string of the molecule is NC(=O)CCNc1nc(-c2ccccc2)cn2c(-c3ccc(C(=O)CC4CC4)cc3)cnc12. The number of ketones is 1. The molecule has 1 aliphatic carbocycles. The number of carbonyl (C=O) groups is 2. The maximum absolute atomic E-state index is 12.4. The Morgan fingerprint density at radius 1 is 1.03 bits per heavy atom. The first-order valence-corrected chi connectivity index (χ1v) is 11.2. The molecule has 166 valence electrons. The molecular formula is C26H25N5O2. The van der Waals surface area contributed by atoms with Gasteiger partial charge in [0, 0.05) is 42.3 Å². The van der Waals surface area contributed by atoms with Gasteiger partial charge in [0.05, 0.1) is 17.6 Å². The van der Waals surface area contributed by atoms with Gasteiger partial charge in [-0.2, -0.15) is 0 Å². The van der Waals surface area contributed by atoms with Crippen LogP contribution in [-0.4, -0.2) is 32.6 Å². The van der Waals surface area contributed by atoms with Crippen molar-refractivity contribution in [2.75, 3.05) is 11.9 Å². The maximum Gasteiger partial charge on any atom is 0.219 e. The van der Waals surface area contributed by atoms with Gasteiger partial charge in [-0.15, -0.1) is 0 Å². The third-order valence-corrected chi connectivity index (χ3v) is 5.90. The Kier molecular flexibility index (Phi) is 5.60. The molecule has 1 fully saturated rings. The van der Waals surface area contributed by atoms with E-state index in [1.807, 2.05) is 65.2 Å². The summed E-state index contributed by atoms with van der Waals surface area (Å²) < 4.78 is 1.99. The van der Waals surface area contributed by atoms with Gasteiger partial charge >= 0.3 is 0 Å². The van der Waals surface area contributed by atoms with Crippen molar-refractivity contribution >= 4 is 23.2 Å². The number of Topliss-reactive ketones (excluding diaryl/α,β-unsaturated/α-hetero) is 1. The number of benzene rings is 2. The number of nitrogens with one attached hydrogen (secondary N) is 1. The zero-order valence-electron chi connectivity index (χ0n) is 18.2. The minimum absolute atomic E-state index is 0.202.